The van der Waals surface area contributed by atoms with Crippen LogP contribution in [0.15, 0.2) is 133 Å². The highest BCUT2D eigenvalue weighted by Crippen LogP contribution is 2.32. The van der Waals surface area contributed by atoms with Crippen LogP contribution in [0, 0.1) is 42.4 Å². The van der Waals surface area contributed by atoms with Gasteiger partial charge in [-0.15, -0.1) is 0 Å². The fourth-order valence-electron chi connectivity index (χ4n) is 14.1. The molecule has 1 aromatic rings. The molecule has 0 saturated carbocycles. The van der Waals surface area contributed by atoms with Crippen LogP contribution in [0.2, 0.25) is 0 Å². The molecule has 2 rings (SSSR count). The molecule has 0 fully saturated rings. The van der Waals surface area contributed by atoms with E-state index in [0.29, 0.717) is 102 Å². The highest BCUT2D eigenvalue weighted by Gasteiger charge is 2.33. The minimum absolute atomic E-state index is 0. The molecule has 0 spiro atoms. The van der Waals surface area contributed by atoms with Gasteiger partial charge in [0, 0.05) is 86.3 Å². The van der Waals surface area contributed by atoms with Crippen LogP contribution in [0.3, 0.4) is 0 Å². The van der Waals surface area contributed by atoms with Gasteiger partial charge in [-0.25, -0.2) is 0 Å². The summed E-state index contributed by atoms with van der Waals surface area (Å²) in [4.78, 5) is 102. The van der Waals surface area contributed by atoms with Crippen molar-refractivity contribution in [3.63, 3.8) is 0 Å². The summed E-state index contributed by atoms with van der Waals surface area (Å²) in [5.41, 5.74) is 9.68. The number of aromatic nitrogens is 1. The molecule has 1 aliphatic heterocycles. The van der Waals surface area contributed by atoms with E-state index in [9.17, 15) is 73.8 Å². The van der Waals surface area contributed by atoms with Crippen LogP contribution in [0.4, 0.5) is 0 Å². The summed E-state index contributed by atoms with van der Waals surface area (Å²) in [5, 5.41) is 101. The number of ketones is 3. The van der Waals surface area contributed by atoms with Gasteiger partial charge in [-0.3, -0.25) is 48.0 Å². The Bertz CT molecular complexity index is 3480. The Balaban J connectivity index is -0.000000497. The van der Waals surface area contributed by atoms with Crippen LogP contribution >= 0.6 is 12.8 Å². The van der Waals surface area contributed by atoms with Gasteiger partial charge < -0.3 is 77.0 Å². The van der Waals surface area contributed by atoms with Gasteiger partial charge in [0.05, 0.1) is 36.6 Å². The van der Waals surface area contributed by atoms with E-state index in [0.717, 1.165) is 159 Å². The highest BCUT2D eigenvalue weighted by molar-refractivity contribution is 7.78. The van der Waals surface area contributed by atoms with Gasteiger partial charge in [-0.2, -0.15) is 0 Å². The third-order valence-electron chi connectivity index (χ3n) is 22.2. The number of carboxylic acids is 4. The van der Waals surface area contributed by atoms with Crippen molar-refractivity contribution < 1.29 is 99.7 Å². The minimum Gasteiger partial charge on any atom is -0.481 e. The van der Waals surface area contributed by atoms with Crippen molar-refractivity contribution in [3.05, 3.63) is 150 Å². The lowest BCUT2D eigenvalue weighted by molar-refractivity contribution is -0.138. The summed E-state index contributed by atoms with van der Waals surface area (Å²) >= 11 is 4.27. The van der Waals surface area contributed by atoms with Gasteiger partial charge in [-0.1, -0.05) is 285 Å². The van der Waals surface area contributed by atoms with E-state index in [-0.39, 0.29) is 90.2 Å². The zero-order valence-electron chi connectivity index (χ0n) is 82.3. The summed E-state index contributed by atoms with van der Waals surface area (Å²) in [6.45, 7) is 22.2. The fraction of sp³-hybridized carbons (Fsp3) is 0.663. The van der Waals surface area contributed by atoms with Gasteiger partial charge in [0.1, 0.15) is 29.9 Å². The molecule has 0 aromatic carbocycles. The number of carbonyl (C=O) groups excluding carboxylic acids is 5. The smallest absolute Gasteiger partial charge is 0.303 e. The number of hydrogen-bond acceptors (Lipinski definition) is 19. The number of allylic oxidation sites excluding steroid dienone is 11. The molecule has 13 unspecified atom stereocenters. The lowest BCUT2D eigenvalue weighted by Gasteiger charge is -2.26. The molecular formula is C104H179N5O20S. The Morgan fingerprint density at radius 1 is 0.462 bits per heavy atom. The first-order chi connectivity index (χ1) is 61.6. The van der Waals surface area contributed by atoms with Gasteiger partial charge in [-0.05, 0) is 200 Å². The van der Waals surface area contributed by atoms with Crippen molar-refractivity contribution in [2.24, 2.45) is 48.3 Å². The maximum Gasteiger partial charge on any atom is 0.303 e. The summed E-state index contributed by atoms with van der Waals surface area (Å²) in [7, 11) is 7.07. The number of rotatable bonds is 70. The standard InChI is InChI=1S/C21H37NO4.C21H33NO3.C21H39NO3.C20H31NO4S.C20H32O5.CH5N.H2O/c1-4-5-8-11-19(24)15-14-18(16-22-3)20(17(2)23)12-9-6-7-10-13-21(25)26;1-4-5-8-11-19(23)15-14-18-16-22(3)17(2)20(18)12-9-6-7-10-13-21(24)25;1-5-7-9-10-12-14-19(17(3)23)20(21(25)22-4)16-15-18(24)13-11-8-6-2;1-3-4-7-10-16(22)13-14-18-17(15(2)21(26)20(18)25)11-8-5-6-9-12-19(23)24;1-3-4-7-10-18(23)14-13-17(15-21)19(16(2)22)11-8-5-6-9-12-20(24)25;1-2;/h6,9,14-15,18-20,22,24H,4-5,7-8,10-13,16H2,1-3H3,(H,25,26);6,9,14-16,19,23H,4-5,7-8,10-13H2,1-3H3,(H,24,25);10,12,15-16,18-22,24-25H,5-9,11,13-14H2,1-4H3;5,8,13-16,22,26H,3-4,6-7,9-12H2,1-2H3,(H,23,24);5,8,13-15,17-19,23H,3-4,6-7,9-12H2,1-2H3,(H,24,25);2H2,1H3;1H2/b2*9-6-,15-14+;12-10-,16-15+;2*8-5-,14-13+;;. The van der Waals surface area contributed by atoms with Crippen molar-refractivity contribution in [3.8, 4) is 0 Å². The molecule has 0 bridgehead atoms. The molecule has 0 aliphatic carbocycles. The summed E-state index contributed by atoms with van der Waals surface area (Å²) < 4.78 is 3.52. The second-order valence-corrected chi connectivity index (χ2v) is 33.8. The fourth-order valence-corrected chi connectivity index (χ4v) is 14.3. The number of carboxylic acid groups (broad SMARTS) is 4. The van der Waals surface area contributed by atoms with Crippen LogP contribution in [0.1, 0.15) is 336 Å². The third kappa shape index (κ3) is 70.2. The number of thiol groups is 1. The normalized spacial score (nSPS) is 15.7. The largest absolute Gasteiger partial charge is 0.481 e. The lowest BCUT2D eigenvalue weighted by atomic mass is 9.84. The number of aliphatic hydroxyl groups excluding tert-OH is 6. The molecule has 16 N–H and O–H groups in total. The summed E-state index contributed by atoms with van der Waals surface area (Å²) in [5.74, 6) is -4.91. The van der Waals surface area contributed by atoms with Crippen LogP contribution in [-0.2, 0) is 56.6 Å². The van der Waals surface area contributed by atoms with E-state index < -0.39 is 66.4 Å². The number of aliphatic carboxylic acids is 4. The van der Waals surface area contributed by atoms with Gasteiger partial charge in [0.2, 0.25) is 0 Å². The van der Waals surface area contributed by atoms with E-state index in [1.54, 1.807) is 51.3 Å². The van der Waals surface area contributed by atoms with Gasteiger partial charge in [0.15, 0.2) is 0 Å². The second-order valence-electron chi connectivity index (χ2n) is 33.4. The average Bonchev–Trinajstić information content (AvgIpc) is 1.65. The van der Waals surface area contributed by atoms with Crippen molar-refractivity contribution >= 4 is 72.3 Å². The van der Waals surface area contributed by atoms with Crippen LogP contribution in [0.5, 0.6) is 0 Å². The predicted octanol–water partition coefficient (Wildman–Crippen LogP) is 18.9. The zero-order chi connectivity index (χ0) is 98.1. The summed E-state index contributed by atoms with van der Waals surface area (Å²) in [6, 6.07) is -0.105. The number of carbonyl (C=O) groups is 9. The Labute approximate surface area is 788 Å². The monoisotopic (exact) mass is 1850 g/mol. The Morgan fingerprint density at radius 2 is 0.808 bits per heavy atom. The number of amides is 1. The number of Topliss-reactive ketones (excluding diaryl/α,β-unsaturated/α-hetero) is 3. The van der Waals surface area contributed by atoms with E-state index in [2.05, 4.69) is 107 Å². The number of hydrogen-bond donors (Lipinski definition) is 14. The topological polar surface area (TPSA) is 446 Å². The number of aldehydes is 1. The molecular weight excluding hydrogens is 1670 g/mol. The molecule has 1 aromatic heterocycles. The number of unbranched alkanes of at least 4 members (excludes halogenated alkanes) is 16. The average molecular weight is 1850 g/mol. The number of aryl methyl sites for hydroxylation is 1. The molecule has 0 radical (unpaired) electrons. The Kier molecular flexibility index (Phi) is 88.6. The van der Waals surface area contributed by atoms with E-state index in [1.165, 1.54) is 29.5 Å². The lowest BCUT2D eigenvalue weighted by Crippen LogP contribution is -2.38. The molecule has 13 atom stereocenters. The molecule has 0 saturated heterocycles. The van der Waals surface area contributed by atoms with Gasteiger partial charge in [0.25, 0.3) is 5.91 Å². The summed E-state index contributed by atoms with van der Waals surface area (Å²) in [6.07, 6.45) is 69.4. The SMILES string of the molecule is CCCC/C=C\CC(C(C)=O)C(/C=C/C(O)CCCCC)C(O)NC.CCCCCC(O)/C=C/C(C=O)C(C/C=C\CCCC(=O)O)C(C)=O.CCCCCC(O)/C=C/C(CNC)C(C/C=C\CCCC(=O)O)C(C)=O.CCCCCC(O)/C=C/C1=C(C/C=C\CCCC(=O)O)C(C)N(S)C1=O.CCCCCC(O)/C=C/c1cn(C)c(C)c1C/C=C\CCCC(=O)O.CN.O. The second kappa shape index (κ2) is 88.0. The Hall–Kier alpha value is -7.60. The molecule has 2 heterocycles. The van der Waals surface area contributed by atoms with Crippen molar-refractivity contribution in [1.29, 1.82) is 0 Å². The molecule has 1 aliphatic rings. The quantitative estimate of drug-likeness (QED) is 0.00947. The maximum absolute atomic E-state index is 12.4. The Morgan fingerprint density at radius 3 is 1.18 bits per heavy atom. The van der Waals surface area contributed by atoms with Gasteiger partial charge >= 0.3 is 23.9 Å². The van der Waals surface area contributed by atoms with Crippen molar-refractivity contribution in [1.82, 2.24) is 19.5 Å². The van der Waals surface area contributed by atoms with Crippen LogP contribution in [-0.4, -0.2) is 189 Å². The maximum atomic E-state index is 12.4. The predicted molar refractivity (Wildman–Crippen MR) is 534 cm³/mol. The van der Waals surface area contributed by atoms with E-state index in [1.807, 2.05) is 93.9 Å². The van der Waals surface area contributed by atoms with E-state index >= 15 is 0 Å². The molecule has 26 heteroatoms. The number of aliphatic hydroxyl groups is 6. The first-order valence-corrected chi connectivity index (χ1v) is 48.4. The first kappa shape index (κ1) is 131. The molecule has 25 nitrogen and oxygen atoms in total. The minimum atomic E-state index is -0.821. The first-order valence-electron chi connectivity index (χ1n) is 48.0. The molecule has 746 valence electrons. The molecule has 130 heavy (non-hydrogen) atoms. The zero-order valence-corrected chi connectivity index (χ0v) is 83.2. The van der Waals surface area contributed by atoms with Crippen molar-refractivity contribution in [2.45, 2.75) is 376 Å². The van der Waals surface area contributed by atoms with E-state index in [4.69, 9.17) is 20.4 Å². The highest BCUT2D eigenvalue weighted by atomic mass is 32.1. The van der Waals surface area contributed by atoms with Crippen molar-refractivity contribution in [2.75, 3.05) is 27.7 Å². The van der Waals surface area contributed by atoms with Crippen LogP contribution < -0.4 is 16.4 Å². The van der Waals surface area contributed by atoms with Crippen LogP contribution in [0.25, 0.3) is 6.08 Å². The molecule has 1 amide bonds. The number of nitrogens with one attached hydrogen (secondary N) is 2. The number of nitrogens with two attached hydrogens (primary N) is 1. The third-order valence-corrected chi connectivity index (χ3v) is 22.7. The number of nitrogens with zero attached hydrogens (tertiary/aromatic N) is 2.